The third-order valence-electron chi connectivity index (χ3n) is 6.21. The number of piperazine rings is 1. The van der Waals surface area contributed by atoms with Crippen LogP contribution in [0.5, 0.6) is 0 Å². The SMILES string of the molecule is Cc1c(C)c(C)c(S(=O)(=O)N2CCN(C(=O)C3=NNC(=O)CC3)CC2)c(C)c1C. The molecule has 1 N–H and O–H groups in total. The standard InChI is InChI=1S/C20H28N4O4S/c1-12-13(2)15(4)19(16(5)14(12)3)29(27,28)24-10-8-23(9-11-24)20(26)17-6-7-18(25)22-21-17/h6-11H2,1-5H3,(H,22,25). The van der Waals surface area contributed by atoms with Gasteiger partial charge in [0.1, 0.15) is 5.71 Å². The van der Waals surface area contributed by atoms with Gasteiger partial charge in [-0.2, -0.15) is 9.41 Å². The van der Waals surface area contributed by atoms with Crippen LogP contribution in [0.1, 0.15) is 40.7 Å². The van der Waals surface area contributed by atoms with Gasteiger partial charge in [-0.3, -0.25) is 9.59 Å². The molecule has 3 rings (SSSR count). The summed E-state index contributed by atoms with van der Waals surface area (Å²) >= 11 is 0. The van der Waals surface area contributed by atoms with Gasteiger partial charge >= 0.3 is 0 Å². The second-order valence-corrected chi connectivity index (χ2v) is 9.62. The number of rotatable bonds is 3. The molecule has 0 unspecified atom stereocenters. The number of amides is 2. The Labute approximate surface area is 172 Å². The normalized spacial score (nSPS) is 18.4. The van der Waals surface area contributed by atoms with E-state index in [2.05, 4.69) is 10.5 Å². The Kier molecular flexibility index (Phi) is 5.82. The van der Waals surface area contributed by atoms with Crippen molar-refractivity contribution in [2.45, 2.75) is 52.4 Å². The smallest absolute Gasteiger partial charge is 0.270 e. The molecule has 1 saturated heterocycles. The first-order valence-electron chi connectivity index (χ1n) is 9.77. The van der Waals surface area contributed by atoms with E-state index in [0.717, 1.165) is 27.8 Å². The van der Waals surface area contributed by atoms with E-state index in [9.17, 15) is 18.0 Å². The topological polar surface area (TPSA) is 99.2 Å². The van der Waals surface area contributed by atoms with E-state index in [1.807, 2.05) is 34.6 Å². The highest BCUT2D eigenvalue weighted by Crippen LogP contribution is 2.32. The lowest BCUT2D eigenvalue weighted by Crippen LogP contribution is -2.52. The number of nitrogens with one attached hydrogen (secondary N) is 1. The minimum Gasteiger partial charge on any atom is -0.335 e. The first-order chi connectivity index (χ1) is 13.6. The van der Waals surface area contributed by atoms with Gasteiger partial charge in [-0.15, -0.1) is 0 Å². The number of benzene rings is 1. The van der Waals surface area contributed by atoms with Crippen LogP contribution in [0.2, 0.25) is 0 Å². The van der Waals surface area contributed by atoms with Gasteiger partial charge in [-0.05, 0) is 62.4 Å². The van der Waals surface area contributed by atoms with Crippen LogP contribution in [0.15, 0.2) is 10.00 Å². The number of carbonyl (C=O) groups is 2. The first-order valence-corrected chi connectivity index (χ1v) is 11.2. The number of carbonyl (C=O) groups excluding carboxylic acids is 2. The third-order valence-corrected chi connectivity index (χ3v) is 8.38. The highest BCUT2D eigenvalue weighted by Gasteiger charge is 2.34. The van der Waals surface area contributed by atoms with Crippen molar-refractivity contribution in [2.75, 3.05) is 26.2 Å². The van der Waals surface area contributed by atoms with Crippen LogP contribution in [0, 0.1) is 34.6 Å². The molecule has 0 atom stereocenters. The van der Waals surface area contributed by atoms with Crippen LogP contribution in [0.4, 0.5) is 0 Å². The average molecular weight is 421 g/mol. The van der Waals surface area contributed by atoms with Crippen LogP contribution in [-0.2, 0) is 19.6 Å². The molecule has 158 valence electrons. The van der Waals surface area contributed by atoms with Crippen LogP contribution in [0.3, 0.4) is 0 Å². The summed E-state index contributed by atoms with van der Waals surface area (Å²) in [4.78, 5) is 25.8. The number of sulfonamides is 1. The molecule has 1 aromatic rings. The molecule has 2 heterocycles. The van der Waals surface area contributed by atoms with Gasteiger partial charge in [0.25, 0.3) is 5.91 Å². The van der Waals surface area contributed by atoms with E-state index in [-0.39, 0.29) is 31.3 Å². The highest BCUT2D eigenvalue weighted by atomic mass is 32.2. The van der Waals surface area contributed by atoms with Gasteiger partial charge in [0.15, 0.2) is 0 Å². The Bertz CT molecular complexity index is 977. The summed E-state index contributed by atoms with van der Waals surface area (Å²) in [7, 11) is -3.66. The molecular weight excluding hydrogens is 392 g/mol. The molecule has 0 spiro atoms. The van der Waals surface area contributed by atoms with Crippen molar-refractivity contribution in [2.24, 2.45) is 5.10 Å². The Morgan fingerprint density at radius 3 is 1.86 bits per heavy atom. The zero-order valence-electron chi connectivity index (χ0n) is 17.6. The first kappa shape index (κ1) is 21.4. The van der Waals surface area contributed by atoms with Crippen molar-refractivity contribution in [3.63, 3.8) is 0 Å². The molecule has 0 aliphatic carbocycles. The van der Waals surface area contributed by atoms with Gasteiger partial charge in [-0.1, -0.05) is 0 Å². The second kappa shape index (κ2) is 7.87. The Morgan fingerprint density at radius 1 is 0.862 bits per heavy atom. The van der Waals surface area contributed by atoms with Crippen LogP contribution >= 0.6 is 0 Å². The average Bonchev–Trinajstić information content (AvgIpc) is 2.71. The number of hydrogen-bond acceptors (Lipinski definition) is 5. The Morgan fingerprint density at radius 2 is 1.38 bits per heavy atom. The molecular formula is C20H28N4O4S. The molecule has 8 nitrogen and oxygen atoms in total. The number of hydrazone groups is 1. The largest absolute Gasteiger partial charge is 0.335 e. The van der Waals surface area contributed by atoms with Crippen molar-refractivity contribution < 1.29 is 18.0 Å². The zero-order valence-corrected chi connectivity index (χ0v) is 18.4. The fraction of sp³-hybridized carbons (Fsp3) is 0.550. The predicted octanol–water partition coefficient (Wildman–Crippen LogP) is 1.33. The minimum atomic E-state index is -3.66. The predicted molar refractivity (Wildman–Crippen MR) is 110 cm³/mol. The third kappa shape index (κ3) is 3.81. The molecule has 0 aromatic heterocycles. The molecule has 1 fully saturated rings. The van der Waals surface area contributed by atoms with E-state index >= 15 is 0 Å². The number of nitrogens with zero attached hydrogens (tertiary/aromatic N) is 3. The van der Waals surface area contributed by atoms with Crippen molar-refractivity contribution in [3.05, 3.63) is 27.8 Å². The Balaban J connectivity index is 1.79. The lowest BCUT2D eigenvalue weighted by Gasteiger charge is -2.35. The quantitative estimate of drug-likeness (QED) is 0.797. The molecule has 0 radical (unpaired) electrons. The Hall–Kier alpha value is -2.26. The summed E-state index contributed by atoms with van der Waals surface area (Å²) < 4.78 is 28.3. The fourth-order valence-electron chi connectivity index (χ4n) is 3.92. The van der Waals surface area contributed by atoms with E-state index in [1.165, 1.54) is 4.31 Å². The molecule has 0 saturated carbocycles. The van der Waals surface area contributed by atoms with Gasteiger partial charge < -0.3 is 4.90 Å². The maximum Gasteiger partial charge on any atom is 0.270 e. The number of hydrogen-bond donors (Lipinski definition) is 1. The van der Waals surface area contributed by atoms with E-state index in [1.54, 1.807) is 4.90 Å². The van der Waals surface area contributed by atoms with Crippen molar-refractivity contribution in [1.29, 1.82) is 0 Å². The van der Waals surface area contributed by atoms with Gasteiger partial charge in [0.2, 0.25) is 15.9 Å². The van der Waals surface area contributed by atoms with Crippen LogP contribution < -0.4 is 5.43 Å². The molecule has 1 aromatic carbocycles. The van der Waals surface area contributed by atoms with Crippen LogP contribution in [-0.4, -0.2) is 61.3 Å². The van der Waals surface area contributed by atoms with Crippen LogP contribution in [0.25, 0.3) is 0 Å². The fourth-order valence-corrected chi connectivity index (χ4v) is 5.91. The molecule has 0 bridgehead atoms. The summed E-state index contributed by atoms with van der Waals surface area (Å²) in [6, 6.07) is 0. The van der Waals surface area contributed by atoms with Gasteiger partial charge in [0, 0.05) is 39.0 Å². The van der Waals surface area contributed by atoms with Crippen molar-refractivity contribution in [3.8, 4) is 0 Å². The van der Waals surface area contributed by atoms with Crippen molar-refractivity contribution >= 4 is 27.5 Å². The summed E-state index contributed by atoms with van der Waals surface area (Å²) in [6.07, 6.45) is 0.549. The maximum absolute atomic E-state index is 13.4. The lowest BCUT2D eigenvalue weighted by molar-refractivity contribution is -0.125. The molecule has 29 heavy (non-hydrogen) atoms. The van der Waals surface area contributed by atoms with E-state index < -0.39 is 10.0 Å². The molecule has 2 aliphatic rings. The van der Waals surface area contributed by atoms with Gasteiger partial charge in [-0.25, -0.2) is 13.8 Å². The lowest BCUT2D eigenvalue weighted by atomic mass is 9.95. The maximum atomic E-state index is 13.4. The minimum absolute atomic E-state index is 0.202. The summed E-state index contributed by atoms with van der Waals surface area (Å²) in [5, 5.41) is 3.85. The monoisotopic (exact) mass is 420 g/mol. The second-order valence-electron chi connectivity index (χ2n) is 7.74. The molecule has 2 amide bonds. The zero-order chi connectivity index (χ0) is 21.5. The molecule has 9 heteroatoms. The van der Waals surface area contributed by atoms with Gasteiger partial charge in [0.05, 0.1) is 4.90 Å². The van der Waals surface area contributed by atoms with E-state index in [0.29, 0.717) is 30.1 Å². The summed E-state index contributed by atoms with van der Waals surface area (Å²) in [6.45, 7) is 10.7. The highest BCUT2D eigenvalue weighted by molar-refractivity contribution is 7.89. The molecule has 2 aliphatic heterocycles. The van der Waals surface area contributed by atoms with Crippen molar-refractivity contribution in [1.82, 2.24) is 14.6 Å². The summed E-state index contributed by atoms with van der Waals surface area (Å²) in [5.74, 6) is -0.441. The summed E-state index contributed by atoms with van der Waals surface area (Å²) in [5.41, 5.74) is 7.34. The van der Waals surface area contributed by atoms with E-state index in [4.69, 9.17) is 0 Å².